The molecular weight excluding hydrogens is 202 g/mol. The summed E-state index contributed by atoms with van der Waals surface area (Å²) < 4.78 is 5.10. The highest BCUT2D eigenvalue weighted by molar-refractivity contribution is 5.87. The zero-order valence-corrected chi connectivity index (χ0v) is 10.6. The second-order valence-electron chi connectivity index (χ2n) is 4.02. The minimum absolute atomic E-state index is 0.189. The van der Waals surface area contributed by atoms with Crippen LogP contribution < -0.4 is 5.73 Å². The summed E-state index contributed by atoms with van der Waals surface area (Å²) in [7, 11) is 0. The Morgan fingerprint density at radius 1 is 1.12 bits per heavy atom. The number of carbonyl (C=O) groups is 1. The molecule has 0 fully saturated rings. The molecule has 0 radical (unpaired) electrons. The quantitative estimate of drug-likeness (QED) is 0.374. The van der Waals surface area contributed by atoms with Crippen molar-refractivity contribution < 1.29 is 9.53 Å². The second-order valence-corrected chi connectivity index (χ2v) is 4.02. The standard InChI is InChI=1S/C13H25NO2/c1-3-12(2)13(15)16-11-9-7-5-4-6-8-10-14/h3H,4-11,14H2,1-2H3. The fraction of sp³-hybridized carbons (Fsp3) is 0.769. The van der Waals surface area contributed by atoms with E-state index >= 15 is 0 Å². The fourth-order valence-corrected chi connectivity index (χ4v) is 1.35. The predicted molar refractivity (Wildman–Crippen MR) is 67.1 cm³/mol. The third-order valence-electron chi connectivity index (χ3n) is 2.59. The van der Waals surface area contributed by atoms with Gasteiger partial charge in [-0.3, -0.25) is 0 Å². The van der Waals surface area contributed by atoms with E-state index in [1.54, 1.807) is 13.0 Å². The minimum Gasteiger partial charge on any atom is -0.462 e. The molecule has 0 heterocycles. The van der Waals surface area contributed by atoms with Crippen LogP contribution >= 0.6 is 0 Å². The Bertz CT molecular complexity index is 212. The molecule has 0 bridgehead atoms. The average Bonchev–Trinajstić information content (AvgIpc) is 2.31. The molecule has 0 saturated heterocycles. The lowest BCUT2D eigenvalue weighted by Gasteiger charge is -2.04. The highest BCUT2D eigenvalue weighted by atomic mass is 16.5. The number of allylic oxidation sites excluding steroid dienone is 1. The van der Waals surface area contributed by atoms with Crippen molar-refractivity contribution in [2.75, 3.05) is 13.2 Å². The van der Waals surface area contributed by atoms with Gasteiger partial charge >= 0.3 is 5.97 Å². The van der Waals surface area contributed by atoms with Crippen molar-refractivity contribution in [2.45, 2.75) is 52.4 Å². The van der Waals surface area contributed by atoms with Crippen molar-refractivity contribution in [3.8, 4) is 0 Å². The van der Waals surface area contributed by atoms with Gasteiger partial charge in [0.05, 0.1) is 6.61 Å². The van der Waals surface area contributed by atoms with Gasteiger partial charge in [-0.1, -0.05) is 31.8 Å². The average molecular weight is 227 g/mol. The molecule has 0 aromatic heterocycles. The maximum Gasteiger partial charge on any atom is 0.333 e. The van der Waals surface area contributed by atoms with Crippen LogP contribution in [0.1, 0.15) is 52.4 Å². The zero-order valence-electron chi connectivity index (χ0n) is 10.6. The van der Waals surface area contributed by atoms with Gasteiger partial charge in [0.1, 0.15) is 0 Å². The summed E-state index contributed by atoms with van der Waals surface area (Å²) in [6.07, 6.45) is 8.65. The smallest absolute Gasteiger partial charge is 0.333 e. The molecule has 0 aromatic carbocycles. The summed E-state index contributed by atoms with van der Waals surface area (Å²) in [5.41, 5.74) is 6.09. The second kappa shape index (κ2) is 10.7. The van der Waals surface area contributed by atoms with Crippen molar-refractivity contribution >= 4 is 5.97 Å². The predicted octanol–water partition coefficient (Wildman–Crippen LogP) is 2.80. The van der Waals surface area contributed by atoms with Gasteiger partial charge in [-0.05, 0) is 33.2 Å². The number of rotatable bonds is 9. The summed E-state index contributed by atoms with van der Waals surface area (Å²) in [5, 5.41) is 0. The number of nitrogens with two attached hydrogens (primary N) is 1. The van der Waals surface area contributed by atoms with Gasteiger partial charge in [0.25, 0.3) is 0 Å². The monoisotopic (exact) mass is 227 g/mol. The highest BCUT2D eigenvalue weighted by Gasteiger charge is 2.03. The number of ether oxygens (including phenoxy) is 1. The largest absolute Gasteiger partial charge is 0.462 e. The maximum atomic E-state index is 11.2. The van der Waals surface area contributed by atoms with Gasteiger partial charge in [-0.2, -0.15) is 0 Å². The molecule has 3 nitrogen and oxygen atoms in total. The van der Waals surface area contributed by atoms with Crippen LogP contribution in [0.25, 0.3) is 0 Å². The van der Waals surface area contributed by atoms with Crippen LogP contribution in [-0.2, 0) is 9.53 Å². The van der Waals surface area contributed by atoms with Gasteiger partial charge < -0.3 is 10.5 Å². The first-order chi connectivity index (χ1) is 7.72. The van der Waals surface area contributed by atoms with E-state index < -0.39 is 0 Å². The normalized spacial score (nSPS) is 11.6. The summed E-state index contributed by atoms with van der Waals surface area (Å²) >= 11 is 0. The van der Waals surface area contributed by atoms with E-state index in [0.717, 1.165) is 25.8 Å². The van der Waals surface area contributed by atoms with E-state index in [-0.39, 0.29) is 5.97 Å². The molecule has 0 atom stereocenters. The van der Waals surface area contributed by atoms with Gasteiger partial charge in [-0.25, -0.2) is 4.79 Å². The Hall–Kier alpha value is -0.830. The van der Waals surface area contributed by atoms with Crippen LogP contribution in [0.2, 0.25) is 0 Å². The number of unbranched alkanes of at least 4 members (excludes halogenated alkanes) is 5. The van der Waals surface area contributed by atoms with E-state index in [1.165, 1.54) is 19.3 Å². The Morgan fingerprint density at radius 3 is 2.25 bits per heavy atom. The molecule has 0 aromatic rings. The number of esters is 1. The minimum atomic E-state index is -0.189. The number of carbonyl (C=O) groups excluding carboxylic acids is 1. The first kappa shape index (κ1) is 15.2. The zero-order chi connectivity index (χ0) is 12.2. The molecule has 0 saturated carbocycles. The van der Waals surface area contributed by atoms with E-state index in [2.05, 4.69) is 0 Å². The molecule has 0 spiro atoms. The van der Waals surface area contributed by atoms with Crippen LogP contribution in [0.4, 0.5) is 0 Å². The molecule has 0 aliphatic carbocycles. The van der Waals surface area contributed by atoms with Crippen LogP contribution in [0.3, 0.4) is 0 Å². The van der Waals surface area contributed by atoms with Crippen LogP contribution in [0.15, 0.2) is 11.6 Å². The lowest BCUT2D eigenvalue weighted by Crippen LogP contribution is -2.06. The van der Waals surface area contributed by atoms with Crippen molar-refractivity contribution in [3.63, 3.8) is 0 Å². The summed E-state index contributed by atoms with van der Waals surface area (Å²) in [5.74, 6) is -0.189. The van der Waals surface area contributed by atoms with Crippen LogP contribution in [0, 0.1) is 0 Å². The lowest BCUT2D eigenvalue weighted by atomic mass is 10.1. The fourth-order valence-electron chi connectivity index (χ4n) is 1.35. The summed E-state index contributed by atoms with van der Waals surface area (Å²) in [6.45, 7) is 4.95. The summed E-state index contributed by atoms with van der Waals surface area (Å²) in [4.78, 5) is 11.2. The van der Waals surface area contributed by atoms with Crippen LogP contribution in [0.5, 0.6) is 0 Å². The van der Waals surface area contributed by atoms with Crippen molar-refractivity contribution in [2.24, 2.45) is 5.73 Å². The van der Waals surface area contributed by atoms with E-state index in [1.807, 2.05) is 6.92 Å². The van der Waals surface area contributed by atoms with Crippen molar-refractivity contribution in [1.29, 1.82) is 0 Å². The van der Waals surface area contributed by atoms with E-state index in [9.17, 15) is 4.79 Å². The molecule has 2 N–H and O–H groups in total. The first-order valence-corrected chi connectivity index (χ1v) is 6.22. The third kappa shape index (κ3) is 8.48. The van der Waals surface area contributed by atoms with Gasteiger partial charge in [0.2, 0.25) is 0 Å². The van der Waals surface area contributed by atoms with Gasteiger partial charge in [0.15, 0.2) is 0 Å². The lowest BCUT2D eigenvalue weighted by molar-refractivity contribution is -0.139. The topological polar surface area (TPSA) is 52.3 Å². The third-order valence-corrected chi connectivity index (χ3v) is 2.59. The first-order valence-electron chi connectivity index (χ1n) is 6.22. The summed E-state index contributed by atoms with van der Waals surface area (Å²) in [6, 6.07) is 0. The Balaban J connectivity index is 3.24. The van der Waals surface area contributed by atoms with Crippen molar-refractivity contribution in [1.82, 2.24) is 0 Å². The molecule has 0 aliphatic rings. The number of hydrogen-bond donors (Lipinski definition) is 1. The molecule has 0 aliphatic heterocycles. The van der Waals surface area contributed by atoms with Crippen LogP contribution in [-0.4, -0.2) is 19.1 Å². The maximum absolute atomic E-state index is 11.2. The Morgan fingerprint density at radius 2 is 1.69 bits per heavy atom. The molecular formula is C13H25NO2. The van der Waals surface area contributed by atoms with Gasteiger partial charge in [0, 0.05) is 5.57 Å². The van der Waals surface area contributed by atoms with Gasteiger partial charge in [-0.15, -0.1) is 0 Å². The highest BCUT2D eigenvalue weighted by Crippen LogP contribution is 2.05. The van der Waals surface area contributed by atoms with E-state index in [0.29, 0.717) is 12.2 Å². The number of hydrogen-bond acceptors (Lipinski definition) is 3. The molecule has 16 heavy (non-hydrogen) atoms. The Labute approximate surface area is 99.0 Å². The van der Waals surface area contributed by atoms with Crippen molar-refractivity contribution in [3.05, 3.63) is 11.6 Å². The van der Waals surface area contributed by atoms with E-state index in [4.69, 9.17) is 10.5 Å². The molecule has 0 unspecified atom stereocenters. The Kier molecular flexibility index (Phi) is 10.1. The molecule has 94 valence electrons. The molecule has 3 heteroatoms. The SMILES string of the molecule is CC=C(C)C(=O)OCCCCCCCCN. The molecule has 0 amide bonds. The molecule has 0 rings (SSSR count).